The number of nitrogens with one attached hydrogen (secondary N) is 1. The molecular formula is C19H15ClF3N3O6. The van der Waals surface area contributed by atoms with E-state index in [0.717, 1.165) is 35.2 Å². The third-order valence-electron chi connectivity index (χ3n) is 4.00. The third kappa shape index (κ3) is 6.67. The van der Waals surface area contributed by atoms with Gasteiger partial charge in [-0.15, -0.1) is 0 Å². The highest BCUT2D eigenvalue weighted by molar-refractivity contribution is 6.31. The van der Waals surface area contributed by atoms with E-state index in [1.54, 1.807) is 0 Å². The second kappa shape index (κ2) is 10.1. The molecule has 0 heterocycles. The SMILES string of the molecule is CN(CC(=O)Nc1ccc(Cl)c(C(F)(F)F)c1)C(=O)COC(=O)c1ccc([N+](=O)[O-])cc1. The molecule has 2 rings (SSSR count). The largest absolute Gasteiger partial charge is 0.452 e. The molecule has 0 fully saturated rings. The Hall–Kier alpha value is -3.67. The van der Waals surface area contributed by atoms with Crippen LogP contribution in [0.5, 0.6) is 0 Å². The molecule has 2 aromatic carbocycles. The monoisotopic (exact) mass is 473 g/mol. The number of alkyl halides is 3. The minimum absolute atomic E-state index is 0.0213. The molecule has 2 amide bonds. The topological polar surface area (TPSA) is 119 Å². The van der Waals surface area contributed by atoms with E-state index < -0.39 is 52.6 Å². The number of anilines is 1. The molecule has 2 aromatic rings. The number of non-ortho nitro benzene ring substituents is 1. The van der Waals surface area contributed by atoms with Crippen LogP contribution in [0.25, 0.3) is 0 Å². The Balaban J connectivity index is 1.88. The highest BCUT2D eigenvalue weighted by atomic mass is 35.5. The van der Waals surface area contributed by atoms with Crippen LogP contribution in [0.1, 0.15) is 15.9 Å². The molecule has 0 spiro atoms. The predicted molar refractivity (Wildman–Crippen MR) is 106 cm³/mol. The number of hydrogen-bond acceptors (Lipinski definition) is 6. The van der Waals surface area contributed by atoms with Gasteiger partial charge in [-0.05, 0) is 30.3 Å². The summed E-state index contributed by atoms with van der Waals surface area (Å²) in [6, 6.07) is 7.31. The molecule has 0 unspecified atom stereocenters. The molecule has 0 bridgehead atoms. The number of carbonyl (C=O) groups is 3. The van der Waals surface area contributed by atoms with E-state index in [0.29, 0.717) is 6.07 Å². The summed E-state index contributed by atoms with van der Waals surface area (Å²) in [7, 11) is 1.23. The van der Waals surface area contributed by atoms with E-state index in [9.17, 15) is 37.7 Å². The number of likely N-dealkylation sites (N-methyl/N-ethyl adjacent to an activating group) is 1. The van der Waals surface area contributed by atoms with Gasteiger partial charge >= 0.3 is 12.1 Å². The molecule has 0 saturated carbocycles. The number of carbonyl (C=O) groups excluding carboxylic acids is 3. The number of ether oxygens (including phenoxy) is 1. The first kappa shape index (κ1) is 24.6. The van der Waals surface area contributed by atoms with Crippen molar-refractivity contribution in [3.05, 3.63) is 68.7 Å². The minimum Gasteiger partial charge on any atom is -0.452 e. The minimum atomic E-state index is -4.71. The standard InChI is InChI=1S/C19H15ClF3N3O6/c1-25(9-16(27)24-12-4-7-15(20)14(8-12)19(21,22)23)17(28)10-32-18(29)11-2-5-13(6-3-11)26(30)31/h2-8H,9-10H2,1H3,(H,24,27). The van der Waals surface area contributed by atoms with E-state index >= 15 is 0 Å². The zero-order valence-corrected chi connectivity index (χ0v) is 17.1. The van der Waals surface area contributed by atoms with Crippen LogP contribution in [0.4, 0.5) is 24.5 Å². The lowest BCUT2D eigenvalue weighted by Gasteiger charge is -2.17. The van der Waals surface area contributed by atoms with Crippen LogP contribution in [-0.4, -0.2) is 47.8 Å². The van der Waals surface area contributed by atoms with Crippen molar-refractivity contribution in [1.29, 1.82) is 0 Å². The molecule has 0 atom stereocenters. The lowest BCUT2D eigenvalue weighted by molar-refractivity contribution is -0.384. The predicted octanol–water partition coefficient (Wildman–Crippen LogP) is 3.52. The number of nitrogens with zero attached hydrogens (tertiary/aromatic N) is 2. The Kier molecular flexibility index (Phi) is 7.76. The van der Waals surface area contributed by atoms with Crippen molar-refractivity contribution in [3.8, 4) is 0 Å². The third-order valence-corrected chi connectivity index (χ3v) is 4.33. The average molecular weight is 474 g/mol. The molecule has 0 saturated heterocycles. The lowest BCUT2D eigenvalue weighted by Crippen LogP contribution is -2.37. The fourth-order valence-electron chi connectivity index (χ4n) is 2.36. The zero-order chi connectivity index (χ0) is 24.1. The summed E-state index contributed by atoms with van der Waals surface area (Å²) in [5.74, 6) is -2.47. The summed E-state index contributed by atoms with van der Waals surface area (Å²) in [4.78, 5) is 46.9. The molecule has 1 N–H and O–H groups in total. The van der Waals surface area contributed by atoms with Gasteiger partial charge in [0.05, 0.1) is 27.6 Å². The summed E-state index contributed by atoms with van der Waals surface area (Å²) >= 11 is 5.51. The first-order chi connectivity index (χ1) is 14.9. The second-order valence-corrected chi connectivity index (χ2v) is 6.78. The fourth-order valence-corrected chi connectivity index (χ4v) is 2.59. The maximum Gasteiger partial charge on any atom is 0.417 e. The highest BCUT2D eigenvalue weighted by Gasteiger charge is 2.33. The van der Waals surface area contributed by atoms with Gasteiger partial charge in [-0.3, -0.25) is 19.7 Å². The van der Waals surface area contributed by atoms with Crippen LogP contribution >= 0.6 is 11.6 Å². The van der Waals surface area contributed by atoms with Gasteiger partial charge in [0.15, 0.2) is 6.61 Å². The highest BCUT2D eigenvalue weighted by Crippen LogP contribution is 2.36. The van der Waals surface area contributed by atoms with E-state index in [1.807, 2.05) is 0 Å². The number of halogens is 4. The van der Waals surface area contributed by atoms with Crippen molar-refractivity contribution < 1.29 is 37.2 Å². The molecule has 170 valence electrons. The van der Waals surface area contributed by atoms with Crippen molar-refractivity contribution in [3.63, 3.8) is 0 Å². The summed E-state index contributed by atoms with van der Waals surface area (Å²) in [5, 5.41) is 12.3. The number of rotatable bonds is 7. The number of nitro benzene ring substituents is 1. The maximum atomic E-state index is 12.9. The molecule has 13 heteroatoms. The first-order valence-corrected chi connectivity index (χ1v) is 9.08. The Morgan fingerprint density at radius 1 is 1.16 bits per heavy atom. The van der Waals surface area contributed by atoms with E-state index in [2.05, 4.69) is 5.32 Å². The summed E-state index contributed by atoms with van der Waals surface area (Å²) < 4.78 is 43.5. The summed E-state index contributed by atoms with van der Waals surface area (Å²) in [6.07, 6.45) is -4.71. The van der Waals surface area contributed by atoms with Crippen molar-refractivity contribution in [2.24, 2.45) is 0 Å². The molecule has 0 aliphatic carbocycles. The normalized spacial score (nSPS) is 10.9. The van der Waals surface area contributed by atoms with E-state index in [1.165, 1.54) is 13.1 Å². The van der Waals surface area contributed by atoms with Crippen LogP contribution in [0.15, 0.2) is 42.5 Å². The van der Waals surface area contributed by atoms with Crippen LogP contribution in [0, 0.1) is 10.1 Å². The average Bonchev–Trinajstić information content (AvgIpc) is 2.72. The Labute approximate surface area is 183 Å². The quantitative estimate of drug-likeness (QED) is 0.373. The maximum absolute atomic E-state index is 12.9. The van der Waals surface area contributed by atoms with Crippen molar-refractivity contribution in [2.75, 3.05) is 25.5 Å². The molecule has 0 aliphatic heterocycles. The molecular weight excluding hydrogens is 459 g/mol. The number of hydrogen-bond donors (Lipinski definition) is 1. The number of esters is 1. The lowest BCUT2D eigenvalue weighted by atomic mass is 10.2. The molecule has 32 heavy (non-hydrogen) atoms. The molecule has 0 aromatic heterocycles. The molecule has 9 nitrogen and oxygen atoms in total. The van der Waals surface area contributed by atoms with Gasteiger partial charge in [0.25, 0.3) is 11.6 Å². The first-order valence-electron chi connectivity index (χ1n) is 8.70. The molecule has 0 radical (unpaired) electrons. The smallest absolute Gasteiger partial charge is 0.417 e. The van der Waals surface area contributed by atoms with Crippen molar-refractivity contribution in [1.82, 2.24) is 4.90 Å². The van der Waals surface area contributed by atoms with Crippen molar-refractivity contribution in [2.45, 2.75) is 6.18 Å². The van der Waals surface area contributed by atoms with Crippen molar-refractivity contribution >= 4 is 40.8 Å². The van der Waals surface area contributed by atoms with Crippen LogP contribution < -0.4 is 5.32 Å². The number of amides is 2. The number of nitro groups is 1. The Morgan fingerprint density at radius 3 is 2.34 bits per heavy atom. The summed E-state index contributed by atoms with van der Waals surface area (Å²) in [6.45, 7) is -1.25. The van der Waals surface area contributed by atoms with Gasteiger partial charge in [0, 0.05) is 24.9 Å². The van der Waals surface area contributed by atoms with E-state index in [-0.39, 0.29) is 16.9 Å². The van der Waals surface area contributed by atoms with Crippen LogP contribution in [0.3, 0.4) is 0 Å². The zero-order valence-electron chi connectivity index (χ0n) is 16.3. The second-order valence-electron chi connectivity index (χ2n) is 6.37. The van der Waals surface area contributed by atoms with Gasteiger partial charge in [0.2, 0.25) is 5.91 Å². The van der Waals surface area contributed by atoms with Gasteiger partial charge in [-0.25, -0.2) is 4.79 Å². The van der Waals surface area contributed by atoms with Gasteiger partial charge in [-0.2, -0.15) is 13.2 Å². The van der Waals surface area contributed by atoms with Gasteiger partial charge in [-0.1, -0.05) is 11.6 Å². The Bertz CT molecular complexity index is 1040. The van der Waals surface area contributed by atoms with Crippen LogP contribution in [0.2, 0.25) is 5.02 Å². The van der Waals surface area contributed by atoms with Gasteiger partial charge < -0.3 is 15.0 Å². The molecule has 0 aliphatic rings. The number of benzene rings is 2. The Morgan fingerprint density at radius 2 is 1.78 bits per heavy atom. The van der Waals surface area contributed by atoms with Gasteiger partial charge in [0.1, 0.15) is 0 Å². The van der Waals surface area contributed by atoms with E-state index in [4.69, 9.17) is 16.3 Å². The van der Waals surface area contributed by atoms with Crippen LogP contribution in [-0.2, 0) is 20.5 Å². The fraction of sp³-hybridized carbons (Fsp3) is 0.211. The summed E-state index contributed by atoms with van der Waals surface area (Å²) in [5.41, 5.74) is -1.55.